The Morgan fingerprint density at radius 1 is 0.930 bits per heavy atom. The molecule has 1 aromatic heterocycles. The first kappa shape index (κ1) is 40.5. The van der Waals surface area contributed by atoms with Gasteiger partial charge >= 0.3 is 5.97 Å². The number of aliphatic carboxylic acids is 1. The van der Waals surface area contributed by atoms with Crippen LogP contribution >= 0.6 is 11.6 Å². The van der Waals surface area contributed by atoms with Crippen molar-refractivity contribution < 1.29 is 29.2 Å². The molecule has 3 fully saturated rings. The first-order valence-electron chi connectivity index (χ1n) is 20.2. The number of nitriles is 1. The summed E-state index contributed by atoms with van der Waals surface area (Å²) in [7, 11) is 0. The minimum absolute atomic E-state index is 0.123. The highest BCUT2D eigenvalue weighted by atomic mass is 35.5. The molecular formula is C46H53ClN4O6. The Kier molecular flexibility index (Phi) is 13.0. The topological polar surface area (TPSA) is 128 Å². The number of piperidine rings is 1. The predicted molar refractivity (Wildman–Crippen MR) is 220 cm³/mol. The van der Waals surface area contributed by atoms with Crippen LogP contribution in [0.5, 0.6) is 17.2 Å². The van der Waals surface area contributed by atoms with E-state index in [9.17, 15) is 20.3 Å². The molecule has 1 spiro atoms. The highest BCUT2D eigenvalue weighted by Crippen LogP contribution is 2.45. The average Bonchev–Trinajstić information content (AvgIpc) is 3.79. The van der Waals surface area contributed by atoms with Gasteiger partial charge in [-0.2, -0.15) is 5.26 Å². The molecule has 10 nitrogen and oxygen atoms in total. The highest BCUT2D eigenvalue weighted by molar-refractivity contribution is 6.32. The summed E-state index contributed by atoms with van der Waals surface area (Å²) in [5.74, 6) is 1.04. The number of halogens is 1. The van der Waals surface area contributed by atoms with E-state index in [1.165, 1.54) is 12.6 Å². The van der Waals surface area contributed by atoms with Crippen molar-refractivity contribution in [2.45, 2.75) is 97.1 Å². The number of aliphatic hydroxyl groups excluding tert-OH is 1. The van der Waals surface area contributed by atoms with Crippen LogP contribution in [-0.2, 0) is 24.6 Å². The Hall–Kier alpha value is -4.66. The van der Waals surface area contributed by atoms with Crippen LogP contribution in [0.4, 0.5) is 0 Å². The number of aromatic nitrogens is 1. The van der Waals surface area contributed by atoms with Crippen LogP contribution in [0.25, 0.3) is 11.1 Å². The second-order valence-electron chi connectivity index (χ2n) is 16.1. The Bertz CT molecular complexity index is 2100. The number of hydrogen-bond donors (Lipinski definition) is 2. The van der Waals surface area contributed by atoms with E-state index >= 15 is 0 Å². The molecule has 0 amide bonds. The van der Waals surface area contributed by atoms with Crippen LogP contribution < -0.4 is 14.2 Å². The van der Waals surface area contributed by atoms with Gasteiger partial charge in [0.1, 0.15) is 42.6 Å². The average molecular weight is 793 g/mol. The van der Waals surface area contributed by atoms with Crippen molar-refractivity contribution in [3.63, 3.8) is 0 Å². The maximum atomic E-state index is 12.1. The van der Waals surface area contributed by atoms with Crippen molar-refractivity contribution in [3.8, 4) is 34.4 Å². The summed E-state index contributed by atoms with van der Waals surface area (Å²) in [6, 6.07) is 19.3. The molecule has 3 aromatic carbocycles. The third-order valence-electron chi connectivity index (χ3n) is 12.2. The minimum Gasteiger partial charge on any atom is -0.493 e. The SMILES string of the molecule is Cc1c(COc2cc(OCc3cncc(C#N)c3)c(CN3CCCC[C@H]3C(=O)O)cc2Cl)cccc1-c1cccc(OCCCN2CCC3(CCC(O)C3)C2)c1C. The van der Waals surface area contributed by atoms with Crippen molar-refractivity contribution in [1.29, 1.82) is 5.26 Å². The van der Waals surface area contributed by atoms with Gasteiger partial charge in [-0.05, 0) is 123 Å². The molecule has 7 rings (SSSR count). The molecule has 3 atom stereocenters. The number of carboxylic acids is 1. The first-order chi connectivity index (χ1) is 27.6. The summed E-state index contributed by atoms with van der Waals surface area (Å²) in [5, 5.41) is 29.8. The van der Waals surface area contributed by atoms with Crippen LogP contribution in [0, 0.1) is 30.6 Å². The van der Waals surface area contributed by atoms with E-state index in [1.807, 2.05) is 29.2 Å². The third kappa shape index (κ3) is 9.73. The van der Waals surface area contributed by atoms with Crippen LogP contribution in [0.15, 0.2) is 67.0 Å². The summed E-state index contributed by atoms with van der Waals surface area (Å²) in [6.45, 7) is 9.53. The van der Waals surface area contributed by atoms with Crippen LogP contribution in [0.2, 0.25) is 5.02 Å². The van der Waals surface area contributed by atoms with Gasteiger partial charge in [0.25, 0.3) is 0 Å². The molecule has 11 heteroatoms. The van der Waals surface area contributed by atoms with Gasteiger partial charge in [0, 0.05) is 49.2 Å². The quantitative estimate of drug-likeness (QED) is 0.113. The van der Waals surface area contributed by atoms with Gasteiger partial charge in [0.15, 0.2) is 0 Å². The summed E-state index contributed by atoms with van der Waals surface area (Å²) < 4.78 is 19.1. The molecule has 1 saturated carbocycles. The molecule has 3 aliphatic rings. The number of benzene rings is 3. The van der Waals surface area contributed by atoms with Gasteiger partial charge in [-0.1, -0.05) is 48.4 Å². The summed E-state index contributed by atoms with van der Waals surface area (Å²) >= 11 is 6.88. The number of hydrogen-bond acceptors (Lipinski definition) is 9. The van der Waals surface area contributed by atoms with Gasteiger partial charge in [0.2, 0.25) is 0 Å². The van der Waals surface area contributed by atoms with Crippen molar-refractivity contribution in [1.82, 2.24) is 14.8 Å². The lowest BCUT2D eigenvalue weighted by Gasteiger charge is -2.33. The zero-order valence-electron chi connectivity index (χ0n) is 33.0. The molecule has 57 heavy (non-hydrogen) atoms. The number of nitrogens with zero attached hydrogens (tertiary/aromatic N) is 4. The zero-order chi connectivity index (χ0) is 39.9. The number of carbonyl (C=O) groups is 1. The van der Waals surface area contributed by atoms with Gasteiger partial charge in [0.05, 0.1) is 23.3 Å². The molecule has 2 N–H and O–H groups in total. The Labute approximate surface area is 341 Å². The van der Waals surface area contributed by atoms with Crippen LogP contribution in [0.1, 0.15) is 84.7 Å². The van der Waals surface area contributed by atoms with E-state index < -0.39 is 12.0 Å². The molecule has 2 aliphatic heterocycles. The first-order valence-corrected chi connectivity index (χ1v) is 20.6. The van der Waals surface area contributed by atoms with E-state index in [2.05, 4.69) is 48.0 Å². The Morgan fingerprint density at radius 2 is 1.74 bits per heavy atom. The molecule has 300 valence electrons. The number of rotatable bonds is 15. The largest absolute Gasteiger partial charge is 0.493 e. The van der Waals surface area contributed by atoms with Crippen molar-refractivity contribution in [2.75, 3.05) is 32.8 Å². The maximum Gasteiger partial charge on any atom is 0.320 e. The zero-order valence-corrected chi connectivity index (χ0v) is 33.8. The van der Waals surface area contributed by atoms with Gasteiger partial charge < -0.3 is 29.3 Å². The van der Waals surface area contributed by atoms with Crippen molar-refractivity contribution >= 4 is 17.6 Å². The number of ether oxygens (including phenoxy) is 3. The van der Waals surface area contributed by atoms with Gasteiger partial charge in [-0.15, -0.1) is 0 Å². The van der Waals surface area contributed by atoms with Crippen molar-refractivity contribution in [2.24, 2.45) is 5.41 Å². The normalized spacial score (nSPS) is 21.1. The number of likely N-dealkylation sites (tertiary alicyclic amines) is 2. The van der Waals surface area contributed by atoms with E-state index in [-0.39, 0.29) is 19.3 Å². The lowest BCUT2D eigenvalue weighted by Crippen LogP contribution is -2.44. The smallest absolute Gasteiger partial charge is 0.320 e. The molecule has 2 unspecified atom stereocenters. The standard InChI is InChI=1S/C46H53ClN4O6/c1-31-35(8-5-9-38(31)39-10-6-12-42(32(39)2)55-19-7-16-50-18-15-46(30-50)14-13-37(52)23-46)29-57-44-22-43(56-28-34-20-33(24-48)25-49-26-34)36(21-40(44)47)27-51-17-4-3-11-41(51)45(53)54/h5-6,8-10,12,20-22,25-26,37,41,52H,3-4,7,11,13-19,23,27-30H2,1-2H3,(H,53,54)/t37?,41-,46?/m0/s1. The monoisotopic (exact) mass is 792 g/mol. The van der Waals surface area contributed by atoms with E-state index in [0.717, 1.165) is 103 Å². The third-order valence-corrected chi connectivity index (χ3v) is 12.5. The fourth-order valence-corrected chi connectivity index (χ4v) is 9.24. The molecule has 3 heterocycles. The van der Waals surface area contributed by atoms with E-state index in [1.54, 1.807) is 18.3 Å². The predicted octanol–water partition coefficient (Wildman–Crippen LogP) is 8.49. The second kappa shape index (κ2) is 18.3. The molecule has 0 bridgehead atoms. The van der Waals surface area contributed by atoms with Crippen molar-refractivity contribution in [3.05, 3.63) is 105 Å². The highest BCUT2D eigenvalue weighted by Gasteiger charge is 2.43. The van der Waals surface area contributed by atoms with Gasteiger partial charge in [-0.3, -0.25) is 14.7 Å². The van der Waals surface area contributed by atoms with Gasteiger partial charge in [-0.25, -0.2) is 0 Å². The van der Waals surface area contributed by atoms with E-state index in [0.29, 0.717) is 53.6 Å². The lowest BCUT2D eigenvalue weighted by molar-refractivity contribution is -0.144. The molecular weight excluding hydrogens is 740 g/mol. The summed E-state index contributed by atoms with van der Waals surface area (Å²) in [4.78, 5) is 20.8. The van der Waals surface area contributed by atoms with E-state index in [4.69, 9.17) is 25.8 Å². The van der Waals surface area contributed by atoms with Crippen LogP contribution in [0.3, 0.4) is 0 Å². The maximum absolute atomic E-state index is 12.1. The van der Waals surface area contributed by atoms with Crippen LogP contribution in [-0.4, -0.2) is 75.9 Å². The molecule has 0 radical (unpaired) electrons. The Balaban J connectivity index is 1.03. The lowest BCUT2D eigenvalue weighted by atomic mass is 9.85. The molecule has 1 aliphatic carbocycles. The minimum atomic E-state index is -0.831. The fourth-order valence-electron chi connectivity index (χ4n) is 9.00. The second-order valence-corrected chi connectivity index (χ2v) is 16.5. The Morgan fingerprint density at radius 3 is 2.53 bits per heavy atom. The summed E-state index contributed by atoms with van der Waals surface area (Å²) in [6.07, 6.45) is 10.6. The number of carboxylic acid groups (broad SMARTS) is 1. The molecule has 2 saturated heterocycles. The summed E-state index contributed by atoms with van der Waals surface area (Å²) in [5.41, 5.74) is 7.67. The molecule has 4 aromatic rings. The number of pyridine rings is 1. The fraction of sp³-hybridized carbons (Fsp3) is 0.457. The number of aliphatic hydroxyl groups is 1.